The van der Waals surface area contributed by atoms with E-state index in [9.17, 15) is 5.11 Å². The van der Waals surface area contributed by atoms with Gasteiger partial charge >= 0.3 is 0 Å². The topological polar surface area (TPSA) is 46.2 Å². The molecular formula is C8H17NO. The molecule has 10 heavy (non-hydrogen) atoms. The van der Waals surface area contributed by atoms with Crippen LogP contribution in [0.25, 0.3) is 0 Å². The number of rotatable bonds is 2. The molecule has 0 spiro atoms. The largest absolute Gasteiger partial charge is 0.388 e. The lowest BCUT2D eigenvalue weighted by atomic mass is 9.91. The van der Waals surface area contributed by atoms with Gasteiger partial charge in [0, 0.05) is 6.04 Å². The molecule has 0 aromatic rings. The van der Waals surface area contributed by atoms with E-state index in [4.69, 9.17) is 5.73 Å². The van der Waals surface area contributed by atoms with Crippen molar-refractivity contribution in [2.24, 2.45) is 5.73 Å². The van der Waals surface area contributed by atoms with Gasteiger partial charge < -0.3 is 10.8 Å². The summed E-state index contributed by atoms with van der Waals surface area (Å²) in [6.07, 6.45) is 4.98. The average Bonchev–Trinajstić information content (AvgIpc) is 2.36. The molecule has 1 atom stereocenters. The van der Waals surface area contributed by atoms with Crippen LogP contribution in [-0.2, 0) is 0 Å². The summed E-state index contributed by atoms with van der Waals surface area (Å²) < 4.78 is 0. The van der Waals surface area contributed by atoms with Gasteiger partial charge in [-0.1, -0.05) is 19.8 Å². The van der Waals surface area contributed by atoms with Gasteiger partial charge in [-0.15, -0.1) is 0 Å². The SMILES string of the molecule is CC[C@H](N)C1(O)CCCC1. The molecule has 0 aromatic carbocycles. The molecule has 60 valence electrons. The van der Waals surface area contributed by atoms with Crippen LogP contribution in [0, 0.1) is 0 Å². The number of aliphatic hydroxyl groups is 1. The van der Waals surface area contributed by atoms with Crippen molar-refractivity contribution in [1.29, 1.82) is 0 Å². The lowest BCUT2D eigenvalue weighted by molar-refractivity contribution is 0.0199. The van der Waals surface area contributed by atoms with Crippen molar-refractivity contribution in [1.82, 2.24) is 0 Å². The first-order chi connectivity index (χ1) is 4.69. The number of hydrogen-bond donors (Lipinski definition) is 2. The molecule has 1 fully saturated rings. The van der Waals surface area contributed by atoms with E-state index < -0.39 is 5.60 Å². The minimum absolute atomic E-state index is 0.00463. The molecule has 3 N–H and O–H groups in total. The minimum Gasteiger partial charge on any atom is -0.388 e. The fraction of sp³-hybridized carbons (Fsp3) is 1.00. The van der Waals surface area contributed by atoms with Crippen LogP contribution in [0.4, 0.5) is 0 Å². The molecule has 2 heteroatoms. The lowest BCUT2D eigenvalue weighted by Crippen LogP contribution is -2.45. The minimum atomic E-state index is -0.519. The van der Waals surface area contributed by atoms with Crippen LogP contribution in [0.1, 0.15) is 39.0 Å². The maximum Gasteiger partial charge on any atom is 0.0797 e. The van der Waals surface area contributed by atoms with Crippen LogP contribution in [0.3, 0.4) is 0 Å². The predicted molar refractivity (Wildman–Crippen MR) is 41.7 cm³/mol. The highest BCUT2D eigenvalue weighted by Gasteiger charge is 2.35. The standard InChI is InChI=1S/C8H17NO/c1-2-7(9)8(10)5-3-4-6-8/h7,10H,2-6,9H2,1H3/t7-/m0/s1. The first-order valence-electron chi connectivity index (χ1n) is 4.17. The molecule has 1 aliphatic carbocycles. The predicted octanol–water partition coefficient (Wildman–Crippen LogP) is 1.03. The molecular weight excluding hydrogens is 126 g/mol. The maximum atomic E-state index is 9.83. The van der Waals surface area contributed by atoms with Crippen molar-refractivity contribution in [3.8, 4) is 0 Å². The summed E-state index contributed by atoms with van der Waals surface area (Å²) in [5.41, 5.74) is 5.24. The van der Waals surface area contributed by atoms with Crippen molar-refractivity contribution in [2.45, 2.75) is 50.7 Å². The fourth-order valence-electron chi connectivity index (χ4n) is 1.74. The van der Waals surface area contributed by atoms with E-state index in [2.05, 4.69) is 0 Å². The molecule has 0 radical (unpaired) electrons. The van der Waals surface area contributed by atoms with Gasteiger partial charge in [-0.2, -0.15) is 0 Å². The Kier molecular flexibility index (Phi) is 2.32. The summed E-state index contributed by atoms with van der Waals surface area (Å²) >= 11 is 0. The quantitative estimate of drug-likeness (QED) is 0.606. The third kappa shape index (κ3) is 1.32. The molecule has 0 amide bonds. The summed E-state index contributed by atoms with van der Waals surface area (Å²) in [6.45, 7) is 2.03. The summed E-state index contributed by atoms with van der Waals surface area (Å²) in [5.74, 6) is 0. The van der Waals surface area contributed by atoms with E-state index in [0.717, 1.165) is 32.1 Å². The first-order valence-corrected chi connectivity index (χ1v) is 4.17. The van der Waals surface area contributed by atoms with E-state index in [1.165, 1.54) is 0 Å². The maximum absolute atomic E-state index is 9.83. The average molecular weight is 143 g/mol. The monoisotopic (exact) mass is 143 g/mol. The number of hydrogen-bond acceptors (Lipinski definition) is 2. The van der Waals surface area contributed by atoms with Crippen LogP contribution < -0.4 is 5.73 Å². The highest BCUT2D eigenvalue weighted by atomic mass is 16.3. The van der Waals surface area contributed by atoms with Crippen molar-refractivity contribution >= 4 is 0 Å². The van der Waals surface area contributed by atoms with Crippen molar-refractivity contribution in [3.63, 3.8) is 0 Å². The van der Waals surface area contributed by atoms with Crippen molar-refractivity contribution in [3.05, 3.63) is 0 Å². The Morgan fingerprint density at radius 1 is 1.50 bits per heavy atom. The summed E-state index contributed by atoms with van der Waals surface area (Å²) in [7, 11) is 0. The molecule has 0 unspecified atom stereocenters. The van der Waals surface area contributed by atoms with Gasteiger partial charge in [0.15, 0.2) is 0 Å². The zero-order valence-electron chi connectivity index (χ0n) is 6.64. The molecule has 1 saturated carbocycles. The Balaban J connectivity index is 2.49. The lowest BCUT2D eigenvalue weighted by Gasteiger charge is -2.28. The van der Waals surface area contributed by atoms with Gasteiger partial charge in [0.2, 0.25) is 0 Å². The number of nitrogens with two attached hydrogens (primary N) is 1. The molecule has 0 bridgehead atoms. The first kappa shape index (κ1) is 8.02. The second kappa shape index (κ2) is 2.89. The van der Waals surface area contributed by atoms with E-state index in [-0.39, 0.29) is 6.04 Å². The van der Waals surface area contributed by atoms with Gasteiger partial charge in [-0.3, -0.25) is 0 Å². The van der Waals surface area contributed by atoms with E-state index in [1.807, 2.05) is 6.92 Å². The Hall–Kier alpha value is -0.0800. The summed E-state index contributed by atoms with van der Waals surface area (Å²) in [6, 6.07) is -0.00463. The Bertz CT molecular complexity index is 108. The van der Waals surface area contributed by atoms with Crippen molar-refractivity contribution in [2.75, 3.05) is 0 Å². The highest BCUT2D eigenvalue weighted by Crippen LogP contribution is 2.32. The van der Waals surface area contributed by atoms with Crippen LogP contribution >= 0.6 is 0 Å². The van der Waals surface area contributed by atoms with Crippen LogP contribution in [0.5, 0.6) is 0 Å². The second-order valence-electron chi connectivity index (χ2n) is 3.33. The zero-order valence-corrected chi connectivity index (χ0v) is 6.64. The van der Waals surface area contributed by atoms with Crippen LogP contribution in [0.15, 0.2) is 0 Å². The molecule has 2 nitrogen and oxygen atoms in total. The van der Waals surface area contributed by atoms with E-state index in [0.29, 0.717) is 0 Å². The third-order valence-corrected chi connectivity index (χ3v) is 2.60. The van der Waals surface area contributed by atoms with Crippen molar-refractivity contribution < 1.29 is 5.11 Å². The Morgan fingerprint density at radius 2 is 2.00 bits per heavy atom. The highest BCUT2D eigenvalue weighted by molar-refractivity contribution is 4.92. The fourth-order valence-corrected chi connectivity index (χ4v) is 1.74. The van der Waals surface area contributed by atoms with Gasteiger partial charge in [0.25, 0.3) is 0 Å². The molecule has 0 saturated heterocycles. The van der Waals surface area contributed by atoms with Crippen LogP contribution in [-0.4, -0.2) is 16.7 Å². The Morgan fingerprint density at radius 3 is 2.40 bits per heavy atom. The van der Waals surface area contributed by atoms with Gasteiger partial charge in [0.1, 0.15) is 0 Å². The molecule has 1 rings (SSSR count). The second-order valence-corrected chi connectivity index (χ2v) is 3.33. The van der Waals surface area contributed by atoms with Crippen LogP contribution in [0.2, 0.25) is 0 Å². The van der Waals surface area contributed by atoms with Gasteiger partial charge in [-0.05, 0) is 19.3 Å². The summed E-state index contributed by atoms with van der Waals surface area (Å²) in [5, 5.41) is 9.83. The van der Waals surface area contributed by atoms with E-state index >= 15 is 0 Å². The van der Waals surface area contributed by atoms with E-state index in [1.54, 1.807) is 0 Å². The van der Waals surface area contributed by atoms with Gasteiger partial charge in [0.05, 0.1) is 5.60 Å². The molecule has 1 aliphatic rings. The zero-order chi connectivity index (χ0) is 7.61. The molecule has 0 heterocycles. The third-order valence-electron chi connectivity index (χ3n) is 2.60. The summed E-state index contributed by atoms with van der Waals surface area (Å²) in [4.78, 5) is 0. The molecule has 0 aliphatic heterocycles. The normalized spacial score (nSPS) is 26.7. The van der Waals surface area contributed by atoms with Gasteiger partial charge in [-0.25, -0.2) is 0 Å². The molecule has 0 aromatic heterocycles. The Labute approximate surface area is 62.4 Å². The smallest absolute Gasteiger partial charge is 0.0797 e.